The fourth-order valence-corrected chi connectivity index (χ4v) is 6.73. The molecule has 5 heterocycles. The first-order valence-corrected chi connectivity index (χ1v) is 15.8. The fraction of sp³-hybridized carbons (Fsp3) is 0.485. The van der Waals surface area contributed by atoms with Gasteiger partial charge in [-0.25, -0.2) is 15.1 Å². The van der Waals surface area contributed by atoms with Crippen molar-refractivity contribution in [3.8, 4) is 5.75 Å². The number of carbonyl (C=O) groups excluding carboxylic acids is 3. The number of carbonyl (C=O) groups is 3. The van der Waals surface area contributed by atoms with E-state index in [0.717, 1.165) is 85.6 Å². The summed E-state index contributed by atoms with van der Waals surface area (Å²) in [6, 6.07) is 13.2. The summed E-state index contributed by atoms with van der Waals surface area (Å²) in [4.78, 5) is 49.7. The average molecular weight is 618 g/mol. The van der Waals surface area contributed by atoms with Crippen molar-refractivity contribution in [3.05, 3.63) is 64.8 Å². The van der Waals surface area contributed by atoms with Gasteiger partial charge in [0, 0.05) is 75.0 Å². The van der Waals surface area contributed by atoms with Gasteiger partial charge in [-0.2, -0.15) is 0 Å². The van der Waals surface area contributed by atoms with E-state index in [2.05, 4.69) is 14.9 Å². The smallest absolute Gasteiger partial charge is 0.326 e. The highest BCUT2D eigenvalue weighted by atomic mass is 16.8. The maximum absolute atomic E-state index is 13.4. The molecule has 0 aliphatic carbocycles. The number of ether oxygens (including phenoxy) is 3. The van der Waals surface area contributed by atoms with Gasteiger partial charge in [-0.1, -0.05) is 12.1 Å². The zero-order valence-corrected chi connectivity index (χ0v) is 25.5. The van der Waals surface area contributed by atoms with Crippen LogP contribution in [0.1, 0.15) is 52.4 Å². The maximum Gasteiger partial charge on any atom is 0.326 e. The molecule has 45 heavy (non-hydrogen) atoms. The summed E-state index contributed by atoms with van der Waals surface area (Å²) in [5.41, 5.74) is 6.85. The molecule has 0 saturated carbocycles. The Morgan fingerprint density at radius 2 is 1.87 bits per heavy atom. The van der Waals surface area contributed by atoms with E-state index in [9.17, 15) is 14.4 Å². The first-order chi connectivity index (χ1) is 22.0. The Hall–Kier alpha value is -3.97. The summed E-state index contributed by atoms with van der Waals surface area (Å²) in [6.45, 7) is 6.59. The molecule has 3 fully saturated rings. The third kappa shape index (κ3) is 6.02. The van der Waals surface area contributed by atoms with Crippen LogP contribution in [-0.4, -0.2) is 103 Å². The molecule has 4 amide bonds. The molecule has 2 atom stereocenters. The number of imide groups is 1. The minimum absolute atomic E-state index is 0.189. The van der Waals surface area contributed by atoms with Crippen LogP contribution in [0.4, 0.5) is 4.79 Å². The van der Waals surface area contributed by atoms with Crippen molar-refractivity contribution in [3.63, 3.8) is 0 Å². The Morgan fingerprint density at radius 3 is 2.64 bits per heavy atom. The van der Waals surface area contributed by atoms with Crippen LogP contribution >= 0.6 is 0 Å². The van der Waals surface area contributed by atoms with Gasteiger partial charge in [-0.15, -0.1) is 0 Å². The molecule has 238 valence electrons. The van der Waals surface area contributed by atoms with Crippen molar-refractivity contribution in [1.29, 1.82) is 0 Å². The fourth-order valence-electron chi connectivity index (χ4n) is 6.73. The standard InChI is InChI=1S/C33H39N5O7/c1-35-32(40)26-20-37(33(35)41)21-28-30(26)25-18-24(43-17-13-36-11-15-42-16-12-36)9-10-27(25)38(28)19-22-5-7-23(8-6-22)31(39)34-45-29-4-2-3-14-44-29/h5-10,18,26,29H,2-4,11-17,19-21H2,1H3,(H,34,39). The van der Waals surface area contributed by atoms with E-state index in [1.54, 1.807) is 24.1 Å². The minimum atomic E-state index is -0.442. The predicted molar refractivity (Wildman–Crippen MR) is 164 cm³/mol. The lowest BCUT2D eigenvalue weighted by Gasteiger charge is -2.41. The molecule has 0 radical (unpaired) electrons. The van der Waals surface area contributed by atoms with Crippen LogP contribution in [0, 0.1) is 0 Å². The molecule has 3 aromatic rings. The number of hydrogen-bond acceptors (Lipinski definition) is 8. The molecule has 12 heteroatoms. The second kappa shape index (κ2) is 12.8. The molecular formula is C33H39N5O7. The highest BCUT2D eigenvalue weighted by Gasteiger charge is 2.44. The Balaban J connectivity index is 1.14. The summed E-state index contributed by atoms with van der Waals surface area (Å²) in [7, 11) is 1.55. The van der Waals surface area contributed by atoms with Crippen molar-refractivity contribution in [2.24, 2.45) is 0 Å². The average Bonchev–Trinajstić information content (AvgIpc) is 3.38. The number of rotatable bonds is 9. The number of fused-ring (bicyclic) bond motifs is 6. The lowest BCUT2D eigenvalue weighted by atomic mass is 9.89. The Kier molecular flexibility index (Phi) is 8.45. The van der Waals surface area contributed by atoms with Crippen molar-refractivity contribution in [2.45, 2.75) is 44.6 Å². The molecular weight excluding hydrogens is 578 g/mol. The SMILES string of the molecule is CN1C(=O)C2CN(Cc3c2c2cc(OCCN4CCOCC4)ccc2n3Cc2ccc(C(=O)NOC3CCCCO3)cc2)C1=O. The van der Waals surface area contributed by atoms with Crippen molar-refractivity contribution in [1.82, 2.24) is 24.7 Å². The van der Waals surface area contributed by atoms with Gasteiger partial charge < -0.3 is 23.7 Å². The van der Waals surface area contributed by atoms with E-state index < -0.39 is 12.2 Å². The van der Waals surface area contributed by atoms with E-state index in [1.165, 1.54) is 4.90 Å². The number of hydrogen-bond donors (Lipinski definition) is 1. The first kappa shape index (κ1) is 29.7. The van der Waals surface area contributed by atoms with Gasteiger partial charge in [0.15, 0.2) is 6.29 Å². The molecule has 4 aliphatic rings. The van der Waals surface area contributed by atoms with Crippen LogP contribution in [0.25, 0.3) is 10.9 Å². The van der Waals surface area contributed by atoms with Gasteiger partial charge in [0.2, 0.25) is 5.91 Å². The summed E-state index contributed by atoms with van der Waals surface area (Å²) in [5, 5.41) is 0.965. The molecule has 3 saturated heterocycles. The third-order valence-electron chi connectivity index (χ3n) is 9.22. The summed E-state index contributed by atoms with van der Waals surface area (Å²) in [5.74, 6) is -0.210. The van der Waals surface area contributed by atoms with Crippen LogP contribution in [0.2, 0.25) is 0 Å². The second-order valence-corrected chi connectivity index (χ2v) is 12.1. The van der Waals surface area contributed by atoms with E-state index >= 15 is 0 Å². The van der Waals surface area contributed by atoms with Crippen LogP contribution in [0.3, 0.4) is 0 Å². The highest BCUT2D eigenvalue weighted by molar-refractivity contribution is 6.04. The number of benzene rings is 2. The molecule has 1 aromatic heterocycles. The predicted octanol–water partition coefficient (Wildman–Crippen LogP) is 3.08. The molecule has 7 rings (SSSR count). The molecule has 1 N–H and O–H groups in total. The molecule has 2 aromatic carbocycles. The van der Waals surface area contributed by atoms with Crippen LogP contribution in [0.5, 0.6) is 5.75 Å². The Bertz CT molecular complexity index is 1580. The summed E-state index contributed by atoms with van der Waals surface area (Å²) < 4.78 is 19.3. The van der Waals surface area contributed by atoms with Crippen LogP contribution < -0.4 is 10.2 Å². The van der Waals surface area contributed by atoms with Gasteiger partial charge >= 0.3 is 6.03 Å². The van der Waals surface area contributed by atoms with Gasteiger partial charge in [-0.3, -0.25) is 19.4 Å². The Labute approximate surface area is 261 Å². The number of urea groups is 1. The summed E-state index contributed by atoms with van der Waals surface area (Å²) >= 11 is 0. The normalized spacial score (nSPS) is 22.1. The maximum atomic E-state index is 13.4. The van der Waals surface area contributed by atoms with Gasteiger partial charge in [0.05, 0.1) is 25.7 Å². The number of likely N-dealkylation sites (N-methyl/N-ethyl adjacent to an activating group) is 1. The van der Waals surface area contributed by atoms with Gasteiger partial charge in [0.1, 0.15) is 12.4 Å². The molecule has 2 bridgehead atoms. The second-order valence-electron chi connectivity index (χ2n) is 12.1. The van der Waals surface area contributed by atoms with Crippen molar-refractivity contribution < 1.29 is 33.4 Å². The molecule has 12 nitrogen and oxygen atoms in total. The van der Waals surface area contributed by atoms with E-state index in [0.29, 0.717) is 38.4 Å². The van der Waals surface area contributed by atoms with E-state index in [-0.39, 0.29) is 17.8 Å². The monoisotopic (exact) mass is 617 g/mol. The number of nitrogens with zero attached hydrogens (tertiary/aromatic N) is 4. The van der Waals surface area contributed by atoms with E-state index in [4.69, 9.17) is 19.0 Å². The number of nitrogens with one attached hydrogen (secondary N) is 1. The number of aromatic nitrogens is 1. The molecule has 0 spiro atoms. The highest BCUT2D eigenvalue weighted by Crippen LogP contribution is 2.41. The summed E-state index contributed by atoms with van der Waals surface area (Å²) in [6.07, 6.45) is 2.34. The lowest BCUT2D eigenvalue weighted by molar-refractivity contribution is -0.186. The lowest BCUT2D eigenvalue weighted by Crippen LogP contribution is -2.56. The molecule has 2 unspecified atom stereocenters. The molecule has 4 aliphatic heterocycles. The topological polar surface area (TPSA) is 115 Å². The van der Waals surface area contributed by atoms with Gasteiger partial charge in [0.25, 0.3) is 5.91 Å². The zero-order valence-electron chi connectivity index (χ0n) is 25.5. The number of amides is 4. The Morgan fingerprint density at radius 1 is 1.04 bits per heavy atom. The number of morpholine rings is 1. The minimum Gasteiger partial charge on any atom is -0.492 e. The largest absolute Gasteiger partial charge is 0.492 e. The van der Waals surface area contributed by atoms with Crippen molar-refractivity contribution >= 4 is 28.7 Å². The zero-order chi connectivity index (χ0) is 30.9. The van der Waals surface area contributed by atoms with Crippen molar-refractivity contribution in [2.75, 3.05) is 59.7 Å². The van der Waals surface area contributed by atoms with Gasteiger partial charge in [-0.05, 0) is 54.3 Å². The van der Waals surface area contributed by atoms with Crippen LogP contribution in [-0.2, 0) is 32.2 Å². The third-order valence-corrected chi connectivity index (χ3v) is 9.22. The first-order valence-electron chi connectivity index (χ1n) is 15.8. The van der Waals surface area contributed by atoms with Crippen LogP contribution in [0.15, 0.2) is 42.5 Å². The number of hydroxylamine groups is 1. The quantitative estimate of drug-likeness (QED) is 0.365. The van der Waals surface area contributed by atoms with E-state index in [1.807, 2.05) is 30.3 Å².